The summed E-state index contributed by atoms with van der Waals surface area (Å²) in [5.41, 5.74) is 11.0. The minimum Gasteiger partial charge on any atom is -0.484 e. The number of rotatable bonds is 5. The Hall–Kier alpha value is -7.15. The second kappa shape index (κ2) is 12.7. The monoisotopic (exact) mass is 748 g/mol. The van der Waals surface area contributed by atoms with Crippen LogP contribution >= 0.6 is 11.3 Å². The highest BCUT2D eigenvalue weighted by molar-refractivity contribution is 7.25. The maximum atomic E-state index is 6.87. The first kappa shape index (κ1) is 32.1. The van der Waals surface area contributed by atoms with Crippen molar-refractivity contribution in [3.8, 4) is 56.7 Å². The molecule has 0 fully saturated rings. The molecular weight excluding hydrogens is 717 g/mol. The van der Waals surface area contributed by atoms with Gasteiger partial charge >= 0.3 is 0 Å². The van der Waals surface area contributed by atoms with Crippen LogP contribution in [0.5, 0.6) is 5.75 Å². The normalized spacial score (nSPS) is 15.4. The Bertz CT molecular complexity index is 3220. The Balaban J connectivity index is 0.974. The number of benzene rings is 7. The predicted octanol–water partition coefficient (Wildman–Crippen LogP) is 13.1. The molecule has 3 aromatic heterocycles. The first-order valence-electron chi connectivity index (χ1n) is 19.3. The molecule has 57 heavy (non-hydrogen) atoms. The van der Waals surface area contributed by atoms with Gasteiger partial charge in [0.1, 0.15) is 11.9 Å². The third kappa shape index (κ3) is 5.18. The Labute approximate surface area is 332 Å². The SMILES string of the molecule is C1=CC2c3cc(-c4nc(-c5ccc(-c6ccccc6)cc5)nc(-c5ccc6c(c5)sc5ccccc56)n4)ccc3OC2c2c1n(-c1ccccc1)c1ccccc21. The molecule has 0 N–H and O–H groups in total. The average molecular weight is 749 g/mol. The van der Waals surface area contributed by atoms with Gasteiger partial charge in [-0.3, -0.25) is 0 Å². The van der Waals surface area contributed by atoms with Gasteiger partial charge in [-0.05, 0) is 65.7 Å². The van der Waals surface area contributed by atoms with Gasteiger partial charge in [0.15, 0.2) is 17.5 Å². The van der Waals surface area contributed by atoms with Crippen LogP contribution in [-0.4, -0.2) is 19.5 Å². The number of thiophene rings is 1. The van der Waals surface area contributed by atoms with Crippen LogP contribution < -0.4 is 4.74 Å². The van der Waals surface area contributed by atoms with Gasteiger partial charge in [0.2, 0.25) is 0 Å². The van der Waals surface area contributed by atoms with Gasteiger partial charge in [-0.2, -0.15) is 0 Å². The second-order valence-electron chi connectivity index (χ2n) is 14.7. The third-order valence-electron chi connectivity index (χ3n) is 11.4. The molecule has 0 bridgehead atoms. The highest BCUT2D eigenvalue weighted by Crippen LogP contribution is 2.53. The van der Waals surface area contributed by atoms with E-state index >= 15 is 0 Å². The van der Waals surface area contributed by atoms with Gasteiger partial charge < -0.3 is 9.30 Å². The quantitative estimate of drug-likeness (QED) is 0.176. The summed E-state index contributed by atoms with van der Waals surface area (Å²) in [5, 5.41) is 3.73. The topological polar surface area (TPSA) is 52.8 Å². The van der Waals surface area contributed by atoms with E-state index in [-0.39, 0.29) is 12.0 Å². The third-order valence-corrected chi connectivity index (χ3v) is 12.6. The smallest absolute Gasteiger partial charge is 0.164 e. The zero-order chi connectivity index (χ0) is 37.5. The summed E-state index contributed by atoms with van der Waals surface area (Å²) >= 11 is 1.80. The minimum atomic E-state index is -0.147. The van der Waals surface area contributed by atoms with Gasteiger partial charge in [-0.15, -0.1) is 11.3 Å². The Morgan fingerprint density at radius 3 is 1.89 bits per heavy atom. The standard InChI is InChI=1S/C51H32N4OS/c1-3-11-31(12-4-1)32-19-21-33(22-20-32)49-52-50(54-51(53-49)35-23-25-38-37-15-8-10-18-45(37)57-46(38)30-35)34-24-28-44-41(29-34)39-26-27-43-47(48(39)56-44)40-16-7-9-17-42(40)55(43)36-13-5-2-6-14-36/h1-30,39,48H. The van der Waals surface area contributed by atoms with Crippen LogP contribution in [0.2, 0.25) is 0 Å². The number of aromatic nitrogens is 4. The lowest BCUT2D eigenvalue weighted by Crippen LogP contribution is -2.13. The van der Waals surface area contributed by atoms with Crippen molar-refractivity contribution in [2.45, 2.75) is 12.0 Å². The van der Waals surface area contributed by atoms with Gasteiger partial charge in [-0.25, -0.2) is 15.0 Å². The summed E-state index contributed by atoms with van der Waals surface area (Å²) in [6.45, 7) is 0. The molecule has 0 saturated carbocycles. The summed E-state index contributed by atoms with van der Waals surface area (Å²) in [6, 6.07) is 59.7. The molecule has 0 spiro atoms. The fraction of sp³-hybridized carbons (Fsp3) is 0.0392. The molecule has 12 rings (SSSR count). The lowest BCUT2D eigenvalue weighted by Gasteiger charge is -2.22. The second-order valence-corrected chi connectivity index (χ2v) is 15.8. The maximum absolute atomic E-state index is 6.87. The molecule has 5 nitrogen and oxygen atoms in total. The zero-order valence-electron chi connectivity index (χ0n) is 30.6. The molecule has 1 aliphatic heterocycles. The number of hydrogen-bond donors (Lipinski definition) is 0. The summed E-state index contributed by atoms with van der Waals surface area (Å²) in [4.78, 5) is 15.5. The van der Waals surface area contributed by atoms with Crippen molar-refractivity contribution in [3.63, 3.8) is 0 Å². The molecule has 1 aliphatic carbocycles. The molecule has 268 valence electrons. The molecule has 2 unspecified atom stereocenters. The van der Waals surface area contributed by atoms with Crippen molar-refractivity contribution in [2.75, 3.05) is 0 Å². The molecular formula is C51H32N4OS. The van der Waals surface area contributed by atoms with Crippen molar-refractivity contribution in [1.29, 1.82) is 0 Å². The molecule has 2 atom stereocenters. The first-order valence-corrected chi connectivity index (χ1v) is 20.1. The Morgan fingerprint density at radius 1 is 0.491 bits per heavy atom. The van der Waals surface area contributed by atoms with Crippen LogP contribution in [0, 0.1) is 0 Å². The van der Waals surface area contributed by atoms with Gasteiger partial charge in [0, 0.05) is 65.0 Å². The largest absolute Gasteiger partial charge is 0.484 e. The van der Waals surface area contributed by atoms with Gasteiger partial charge in [0.05, 0.1) is 11.2 Å². The van der Waals surface area contributed by atoms with Crippen LogP contribution in [0.15, 0.2) is 176 Å². The van der Waals surface area contributed by atoms with Crippen LogP contribution in [0.3, 0.4) is 0 Å². The van der Waals surface area contributed by atoms with E-state index in [1.54, 1.807) is 11.3 Å². The van der Waals surface area contributed by atoms with Crippen molar-refractivity contribution >= 4 is 48.5 Å². The van der Waals surface area contributed by atoms with Gasteiger partial charge in [0.25, 0.3) is 0 Å². The number of fused-ring (bicyclic) bond motifs is 10. The van der Waals surface area contributed by atoms with E-state index in [1.165, 1.54) is 42.2 Å². The number of hydrogen-bond acceptors (Lipinski definition) is 5. The first-order chi connectivity index (χ1) is 28.2. The molecule has 6 heteroatoms. The van der Waals surface area contributed by atoms with E-state index in [0.29, 0.717) is 17.5 Å². The molecule has 0 saturated heterocycles. The number of nitrogens with zero attached hydrogens (tertiary/aromatic N) is 4. The molecule has 2 aliphatic rings. The lowest BCUT2D eigenvalue weighted by atomic mass is 9.85. The van der Waals surface area contributed by atoms with E-state index in [1.807, 2.05) is 6.07 Å². The highest BCUT2D eigenvalue weighted by Gasteiger charge is 2.40. The van der Waals surface area contributed by atoms with E-state index in [4.69, 9.17) is 19.7 Å². The molecule has 10 aromatic rings. The Kier molecular flexibility index (Phi) is 7.16. The Morgan fingerprint density at radius 2 is 1.09 bits per heavy atom. The summed E-state index contributed by atoms with van der Waals surface area (Å²) in [7, 11) is 0. The van der Waals surface area contributed by atoms with Crippen molar-refractivity contribution in [1.82, 2.24) is 19.5 Å². The maximum Gasteiger partial charge on any atom is 0.164 e. The van der Waals surface area contributed by atoms with E-state index < -0.39 is 0 Å². The van der Waals surface area contributed by atoms with Crippen molar-refractivity contribution in [2.24, 2.45) is 0 Å². The van der Waals surface area contributed by atoms with Crippen LogP contribution in [0.1, 0.15) is 28.8 Å². The zero-order valence-corrected chi connectivity index (χ0v) is 31.4. The number of ether oxygens (including phenoxy) is 1. The van der Waals surface area contributed by atoms with Crippen LogP contribution in [0.25, 0.3) is 88.1 Å². The summed E-state index contributed by atoms with van der Waals surface area (Å²) in [6.07, 6.45) is 4.43. The summed E-state index contributed by atoms with van der Waals surface area (Å²) in [5.74, 6) is 2.85. The predicted molar refractivity (Wildman–Crippen MR) is 233 cm³/mol. The molecule has 4 heterocycles. The molecule has 7 aromatic carbocycles. The highest BCUT2D eigenvalue weighted by atomic mass is 32.1. The number of para-hydroxylation sites is 2. The van der Waals surface area contributed by atoms with E-state index in [2.05, 4.69) is 181 Å². The molecule has 0 radical (unpaired) electrons. The van der Waals surface area contributed by atoms with Gasteiger partial charge in [-0.1, -0.05) is 127 Å². The van der Waals surface area contributed by atoms with E-state index in [0.717, 1.165) is 44.9 Å². The molecule has 0 amide bonds. The van der Waals surface area contributed by atoms with Crippen molar-refractivity contribution in [3.05, 3.63) is 193 Å². The van der Waals surface area contributed by atoms with Crippen LogP contribution in [0.4, 0.5) is 0 Å². The van der Waals surface area contributed by atoms with Crippen LogP contribution in [-0.2, 0) is 0 Å². The fourth-order valence-electron chi connectivity index (χ4n) is 8.74. The minimum absolute atomic E-state index is 0.0455. The summed E-state index contributed by atoms with van der Waals surface area (Å²) < 4.78 is 11.7. The fourth-order valence-corrected chi connectivity index (χ4v) is 9.89. The lowest BCUT2D eigenvalue weighted by molar-refractivity contribution is 0.224. The van der Waals surface area contributed by atoms with E-state index in [9.17, 15) is 0 Å². The van der Waals surface area contributed by atoms with Crippen molar-refractivity contribution < 1.29 is 4.74 Å². The average Bonchev–Trinajstić information content (AvgIpc) is 3.96.